The predicted octanol–water partition coefficient (Wildman–Crippen LogP) is 4.25. The van der Waals surface area contributed by atoms with Gasteiger partial charge in [0, 0.05) is 0 Å². The Morgan fingerprint density at radius 2 is 1.12 bits per heavy atom. The van der Waals surface area contributed by atoms with Gasteiger partial charge in [-0.3, -0.25) is 0 Å². The van der Waals surface area contributed by atoms with Crippen molar-refractivity contribution in [2.75, 3.05) is 34.3 Å². The van der Waals surface area contributed by atoms with Crippen LogP contribution in [0.2, 0.25) is 0 Å². The standard InChI is InChI=1S/C11H26N.C8H19O4P/c1-5-6-7-8-9-10-11-12(2,3)4;1-2-3-4-5-6-7-8-12-13(9,10)11/h5-11H2,1-4H3;2-8H2,1H3,(H2,9,10,11)/q+1;/p-2. The molecule has 5 nitrogen and oxygen atoms in total. The Kier molecular flexibility index (Phi) is 19.1. The minimum Gasteiger partial charge on any atom is -0.790 e. The Morgan fingerprint density at radius 1 is 0.720 bits per heavy atom. The fraction of sp³-hybridized carbons (Fsp3) is 1.00. The first-order chi connectivity index (χ1) is 11.6. The zero-order valence-corrected chi connectivity index (χ0v) is 18.3. The summed E-state index contributed by atoms with van der Waals surface area (Å²) in [5.74, 6) is 0. The highest BCUT2D eigenvalue weighted by atomic mass is 31.2. The summed E-state index contributed by atoms with van der Waals surface area (Å²) in [4.78, 5) is 20.0. The molecule has 25 heavy (non-hydrogen) atoms. The van der Waals surface area contributed by atoms with Crippen molar-refractivity contribution in [2.24, 2.45) is 0 Å². The number of quaternary nitrogens is 1. The summed E-state index contributed by atoms with van der Waals surface area (Å²) >= 11 is 0. The van der Waals surface area contributed by atoms with Crippen LogP contribution in [0.5, 0.6) is 0 Å². The molecular weight excluding hydrogens is 337 g/mol. The van der Waals surface area contributed by atoms with E-state index in [2.05, 4.69) is 39.5 Å². The molecule has 154 valence electrons. The maximum absolute atomic E-state index is 10.0. The molecule has 0 spiro atoms. The van der Waals surface area contributed by atoms with Crippen LogP contribution in [0, 0.1) is 0 Å². The largest absolute Gasteiger partial charge is 0.790 e. The molecule has 0 aliphatic heterocycles. The van der Waals surface area contributed by atoms with E-state index in [0.29, 0.717) is 6.42 Å². The monoisotopic (exact) mass is 380 g/mol. The van der Waals surface area contributed by atoms with Gasteiger partial charge < -0.3 is 23.4 Å². The third-order valence-corrected chi connectivity index (χ3v) is 4.43. The molecule has 0 aromatic carbocycles. The molecule has 0 aliphatic carbocycles. The molecule has 0 saturated carbocycles. The molecule has 0 N–H and O–H groups in total. The molecule has 0 rings (SSSR count). The second-order valence-corrected chi connectivity index (χ2v) is 8.98. The summed E-state index contributed by atoms with van der Waals surface area (Å²) in [6.07, 6.45) is 14.7. The van der Waals surface area contributed by atoms with E-state index in [1.807, 2.05) is 0 Å². The first-order valence-corrected chi connectivity index (χ1v) is 11.6. The lowest BCUT2D eigenvalue weighted by molar-refractivity contribution is -0.870. The van der Waals surface area contributed by atoms with Gasteiger partial charge in [-0.25, -0.2) is 0 Å². The van der Waals surface area contributed by atoms with Gasteiger partial charge in [0.15, 0.2) is 0 Å². The van der Waals surface area contributed by atoms with E-state index < -0.39 is 7.82 Å². The number of nitrogens with zero attached hydrogens (tertiary/aromatic N) is 1. The maximum Gasteiger partial charge on any atom is 0.0780 e. The van der Waals surface area contributed by atoms with Crippen molar-refractivity contribution in [3.63, 3.8) is 0 Å². The summed E-state index contributed by atoms with van der Waals surface area (Å²) in [5, 5.41) is 0. The molecule has 0 heterocycles. The molecule has 0 radical (unpaired) electrons. The predicted molar refractivity (Wildman–Crippen MR) is 103 cm³/mol. The number of rotatable bonds is 15. The molecule has 6 heteroatoms. The normalized spacial score (nSPS) is 12.0. The number of hydrogen-bond donors (Lipinski definition) is 0. The number of phosphoric acid groups is 1. The molecular formula is C19H43NO4P-. The SMILES string of the molecule is CCCCCCCCOP(=O)([O-])[O-].CCCCCCCC[N+](C)(C)C. The van der Waals surface area contributed by atoms with E-state index in [1.54, 1.807) is 0 Å². The van der Waals surface area contributed by atoms with Crippen LogP contribution in [0.3, 0.4) is 0 Å². The van der Waals surface area contributed by atoms with Crippen molar-refractivity contribution >= 4 is 7.82 Å². The number of hydrogen-bond acceptors (Lipinski definition) is 4. The second kappa shape index (κ2) is 17.5. The first kappa shape index (κ1) is 27.3. The van der Waals surface area contributed by atoms with E-state index in [4.69, 9.17) is 0 Å². The Bertz CT molecular complexity index is 313. The third-order valence-electron chi connectivity index (χ3n) is 3.93. The van der Waals surface area contributed by atoms with Crippen molar-refractivity contribution < 1.29 is 23.4 Å². The topological polar surface area (TPSA) is 72.4 Å². The van der Waals surface area contributed by atoms with Gasteiger partial charge in [-0.15, -0.1) is 0 Å². The van der Waals surface area contributed by atoms with E-state index in [0.717, 1.165) is 17.3 Å². The highest BCUT2D eigenvalue weighted by Crippen LogP contribution is 2.24. The lowest BCUT2D eigenvalue weighted by atomic mass is 10.1. The smallest absolute Gasteiger partial charge is 0.0780 e. The van der Waals surface area contributed by atoms with Crippen LogP contribution in [-0.4, -0.2) is 38.8 Å². The van der Waals surface area contributed by atoms with Gasteiger partial charge in [-0.05, 0) is 19.3 Å². The summed E-state index contributed by atoms with van der Waals surface area (Å²) in [5.41, 5.74) is 0. The average molecular weight is 381 g/mol. The third kappa shape index (κ3) is 32.2. The van der Waals surface area contributed by atoms with E-state index in [9.17, 15) is 14.4 Å². The fourth-order valence-electron chi connectivity index (χ4n) is 2.43. The highest BCUT2D eigenvalue weighted by Gasteiger charge is 2.04. The van der Waals surface area contributed by atoms with Crippen LogP contribution in [0.25, 0.3) is 0 Å². The van der Waals surface area contributed by atoms with Crippen LogP contribution < -0.4 is 9.79 Å². The molecule has 0 fully saturated rings. The quantitative estimate of drug-likeness (QED) is 0.242. The minimum atomic E-state index is -4.73. The van der Waals surface area contributed by atoms with Gasteiger partial charge >= 0.3 is 0 Å². The fourth-order valence-corrected chi connectivity index (χ4v) is 2.78. The average Bonchev–Trinajstić information content (AvgIpc) is 2.48. The lowest BCUT2D eigenvalue weighted by Crippen LogP contribution is -2.35. The molecule has 0 amide bonds. The van der Waals surface area contributed by atoms with Crippen LogP contribution >= 0.6 is 7.82 Å². The van der Waals surface area contributed by atoms with Gasteiger partial charge in [-0.2, -0.15) is 0 Å². The van der Waals surface area contributed by atoms with Crippen molar-refractivity contribution in [2.45, 2.75) is 90.9 Å². The van der Waals surface area contributed by atoms with Crippen LogP contribution in [0.15, 0.2) is 0 Å². The van der Waals surface area contributed by atoms with Gasteiger partial charge in [0.1, 0.15) is 0 Å². The van der Waals surface area contributed by atoms with Crippen molar-refractivity contribution in [1.29, 1.82) is 0 Å². The van der Waals surface area contributed by atoms with Crippen molar-refractivity contribution in [3.05, 3.63) is 0 Å². The second-order valence-electron chi connectivity index (χ2n) is 7.83. The van der Waals surface area contributed by atoms with E-state index >= 15 is 0 Å². The zero-order valence-electron chi connectivity index (χ0n) is 17.4. The van der Waals surface area contributed by atoms with Gasteiger partial charge in [0.25, 0.3) is 0 Å². The summed E-state index contributed by atoms with van der Waals surface area (Å²) < 4.78 is 15.2. The Balaban J connectivity index is 0. The Labute approximate surface area is 157 Å². The minimum absolute atomic E-state index is 0.0381. The van der Waals surface area contributed by atoms with E-state index in [-0.39, 0.29) is 6.61 Å². The molecule has 0 aliphatic rings. The molecule has 0 bridgehead atoms. The first-order valence-electron chi connectivity index (χ1n) is 10.1. The van der Waals surface area contributed by atoms with Gasteiger partial charge in [0.2, 0.25) is 0 Å². The van der Waals surface area contributed by atoms with E-state index in [1.165, 1.54) is 64.3 Å². The molecule has 0 aromatic heterocycles. The Hall–Kier alpha value is 0.0700. The van der Waals surface area contributed by atoms with Crippen molar-refractivity contribution in [1.82, 2.24) is 0 Å². The lowest BCUT2D eigenvalue weighted by Gasteiger charge is -2.28. The van der Waals surface area contributed by atoms with Crippen molar-refractivity contribution in [3.8, 4) is 0 Å². The molecule has 0 atom stereocenters. The van der Waals surface area contributed by atoms with Gasteiger partial charge in [0.05, 0.1) is 42.1 Å². The van der Waals surface area contributed by atoms with Crippen LogP contribution in [0.4, 0.5) is 0 Å². The van der Waals surface area contributed by atoms with Gasteiger partial charge in [-0.1, -0.05) is 71.6 Å². The number of phosphoric ester groups is 1. The Morgan fingerprint density at radius 3 is 1.52 bits per heavy atom. The number of unbranched alkanes of at least 4 members (excludes halogenated alkanes) is 10. The maximum atomic E-state index is 10.0. The molecule has 0 aromatic rings. The summed E-state index contributed by atoms with van der Waals surface area (Å²) in [7, 11) is 2.08. The summed E-state index contributed by atoms with van der Waals surface area (Å²) in [6.45, 7) is 5.77. The van der Waals surface area contributed by atoms with Crippen LogP contribution in [0.1, 0.15) is 90.9 Å². The highest BCUT2D eigenvalue weighted by molar-refractivity contribution is 7.43. The molecule has 0 unspecified atom stereocenters. The molecule has 0 saturated heterocycles. The summed E-state index contributed by atoms with van der Waals surface area (Å²) in [6, 6.07) is 0. The zero-order chi connectivity index (χ0) is 19.6. The van der Waals surface area contributed by atoms with Crippen LogP contribution in [-0.2, 0) is 9.09 Å².